The van der Waals surface area contributed by atoms with Crippen LogP contribution in [0, 0.1) is 5.82 Å². The van der Waals surface area contributed by atoms with Crippen LogP contribution in [0.3, 0.4) is 0 Å². The fourth-order valence-electron chi connectivity index (χ4n) is 2.34. The van der Waals surface area contributed by atoms with Crippen molar-refractivity contribution in [1.82, 2.24) is 4.90 Å². The molecule has 1 saturated carbocycles. The summed E-state index contributed by atoms with van der Waals surface area (Å²) in [7, 11) is 0. The van der Waals surface area contributed by atoms with Gasteiger partial charge in [0.25, 0.3) is 0 Å². The second kappa shape index (κ2) is 6.41. The van der Waals surface area contributed by atoms with Gasteiger partial charge in [0, 0.05) is 30.3 Å². The van der Waals surface area contributed by atoms with Crippen molar-refractivity contribution in [2.24, 2.45) is 5.73 Å². The molecule has 1 aromatic rings. The van der Waals surface area contributed by atoms with E-state index in [1.165, 1.54) is 12.5 Å². The van der Waals surface area contributed by atoms with E-state index in [-0.39, 0.29) is 17.4 Å². The molecule has 0 bridgehead atoms. The average molecular weight is 282 g/mol. The quantitative estimate of drug-likeness (QED) is 0.781. The fraction of sp³-hybridized carbons (Fsp3) is 0.500. The molecule has 0 spiro atoms. The zero-order chi connectivity index (χ0) is 13.8. The summed E-state index contributed by atoms with van der Waals surface area (Å²) in [5.41, 5.74) is 6.85. The molecule has 0 amide bonds. The first kappa shape index (κ1) is 14.4. The minimum absolute atomic E-state index is 0.0904. The average Bonchev–Trinajstić information content (AvgIpc) is 2.29. The van der Waals surface area contributed by atoms with Crippen LogP contribution in [-0.2, 0) is 6.54 Å². The minimum Gasteiger partial charge on any atom is -0.395 e. The second-order valence-electron chi connectivity index (χ2n) is 4.95. The third kappa shape index (κ3) is 3.49. The monoisotopic (exact) mass is 282 g/mol. The molecule has 0 unspecified atom stereocenters. The van der Waals surface area contributed by atoms with E-state index in [1.807, 2.05) is 0 Å². The Balaban J connectivity index is 2.15. The molecule has 0 atom stereocenters. The predicted octanol–water partition coefficient (Wildman–Crippen LogP) is 1.81. The Kier molecular flexibility index (Phi) is 4.85. The molecule has 0 aromatic heterocycles. The lowest BCUT2D eigenvalue weighted by atomic mass is 9.91. The van der Waals surface area contributed by atoms with Crippen LogP contribution in [0.25, 0.3) is 0 Å². The summed E-state index contributed by atoms with van der Waals surface area (Å²) in [4.78, 5) is 2.41. The van der Waals surface area contributed by atoms with Gasteiger partial charge in [-0.15, -0.1) is 0 Å². The van der Waals surface area contributed by atoms with Gasteiger partial charge in [-0.1, -0.05) is 18.6 Å². The van der Waals surface area contributed by atoms with E-state index >= 15 is 0 Å². The van der Waals surface area contributed by atoms with E-state index in [0.717, 1.165) is 12.8 Å². The number of hydrogen-bond donors (Lipinski definition) is 2. The van der Waals surface area contributed by atoms with Crippen LogP contribution in [0.1, 0.15) is 30.4 Å². The molecule has 104 valence electrons. The van der Waals surface area contributed by atoms with Gasteiger partial charge in [0.1, 0.15) is 10.8 Å². The Morgan fingerprint density at radius 1 is 1.47 bits per heavy atom. The van der Waals surface area contributed by atoms with E-state index in [2.05, 4.69) is 4.90 Å². The standard InChI is InChI=1S/C14H19FN2OS/c15-13-5-4-10(14(16)19)8-11(13)9-17(6-7-18)12-2-1-3-12/h4-5,8,12,18H,1-3,6-7,9H2,(H2,16,19). The van der Waals surface area contributed by atoms with E-state index in [1.54, 1.807) is 12.1 Å². The molecular formula is C14H19FN2OS. The molecule has 19 heavy (non-hydrogen) atoms. The predicted molar refractivity (Wildman–Crippen MR) is 77.4 cm³/mol. The number of benzene rings is 1. The molecule has 5 heteroatoms. The van der Waals surface area contributed by atoms with Gasteiger partial charge in [-0.2, -0.15) is 0 Å². The highest BCUT2D eigenvalue weighted by atomic mass is 32.1. The summed E-state index contributed by atoms with van der Waals surface area (Å²) >= 11 is 4.92. The summed E-state index contributed by atoms with van der Waals surface area (Å²) in [6.45, 7) is 1.15. The van der Waals surface area contributed by atoms with Crippen molar-refractivity contribution in [3.63, 3.8) is 0 Å². The molecule has 3 N–H and O–H groups in total. The van der Waals surface area contributed by atoms with Crippen molar-refractivity contribution >= 4 is 17.2 Å². The number of aliphatic hydroxyl groups excluding tert-OH is 1. The number of hydrogen-bond acceptors (Lipinski definition) is 3. The van der Waals surface area contributed by atoms with E-state index in [9.17, 15) is 4.39 Å². The number of aliphatic hydroxyl groups is 1. The summed E-state index contributed by atoms with van der Waals surface area (Å²) in [5, 5.41) is 9.12. The van der Waals surface area contributed by atoms with E-state index < -0.39 is 0 Å². The summed E-state index contributed by atoms with van der Waals surface area (Å²) in [6.07, 6.45) is 3.45. The van der Waals surface area contributed by atoms with Gasteiger partial charge in [0.15, 0.2) is 0 Å². The maximum atomic E-state index is 13.8. The second-order valence-corrected chi connectivity index (χ2v) is 5.39. The van der Waals surface area contributed by atoms with Crippen molar-refractivity contribution < 1.29 is 9.50 Å². The van der Waals surface area contributed by atoms with Gasteiger partial charge in [0.2, 0.25) is 0 Å². The number of thiocarbonyl (C=S) groups is 1. The molecular weight excluding hydrogens is 263 g/mol. The maximum Gasteiger partial charge on any atom is 0.127 e. The largest absolute Gasteiger partial charge is 0.395 e. The Hall–Kier alpha value is -1.04. The Morgan fingerprint density at radius 2 is 2.21 bits per heavy atom. The summed E-state index contributed by atoms with van der Waals surface area (Å²) in [5.74, 6) is -0.248. The first-order valence-electron chi connectivity index (χ1n) is 6.55. The number of rotatable bonds is 6. The van der Waals surface area contributed by atoms with Crippen molar-refractivity contribution in [3.8, 4) is 0 Å². The van der Waals surface area contributed by atoms with Crippen LogP contribution in [-0.4, -0.2) is 34.2 Å². The smallest absolute Gasteiger partial charge is 0.127 e. The van der Waals surface area contributed by atoms with Crippen LogP contribution in [0.4, 0.5) is 4.39 Å². The van der Waals surface area contributed by atoms with Gasteiger partial charge < -0.3 is 10.8 Å². The molecule has 0 heterocycles. The van der Waals surface area contributed by atoms with Crippen molar-refractivity contribution in [3.05, 3.63) is 35.1 Å². The Morgan fingerprint density at radius 3 is 2.74 bits per heavy atom. The maximum absolute atomic E-state index is 13.8. The van der Waals surface area contributed by atoms with Crippen LogP contribution in [0.5, 0.6) is 0 Å². The van der Waals surface area contributed by atoms with Gasteiger partial charge in [-0.25, -0.2) is 4.39 Å². The zero-order valence-corrected chi connectivity index (χ0v) is 11.6. The Bertz CT molecular complexity index is 463. The highest BCUT2D eigenvalue weighted by Gasteiger charge is 2.25. The highest BCUT2D eigenvalue weighted by Crippen LogP contribution is 2.26. The minimum atomic E-state index is -0.248. The normalized spacial score (nSPS) is 15.5. The van der Waals surface area contributed by atoms with Crippen molar-refractivity contribution in [2.75, 3.05) is 13.2 Å². The molecule has 1 fully saturated rings. The zero-order valence-electron chi connectivity index (χ0n) is 10.8. The van der Waals surface area contributed by atoms with Gasteiger partial charge in [0.05, 0.1) is 6.61 Å². The first-order valence-corrected chi connectivity index (χ1v) is 6.95. The number of nitrogens with zero attached hydrogens (tertiary/aromatic N) is 1. The summed E-state index contributed by atoms with van der Waals surface area (Å²) < 4.78 is 13.8. The lowest BCUT2D eigenvalue weighted by molar-refractivity contribution is 0.0935. The van der Waals surface area contributed by atoms with E-state index in [4.69, 9.17) is 23.1 Å². The lowest BCUT2D eigenvalue weighted by Gasteiger charge is -2.37. The fourth-order valence-corrected chi connectivity index (χ4v) is 2.47. The third-order valence-corrected chi connectivity index (χ3v) is 3.92. The van der Waals surface area contributed by atoms with Crippen LogP contribution < -0.4 is 5.73 Å². The van der Waals surface area contributed by atoms with Crippen molar-refractivity contribution in [1.29, 1.82) is 0 Å². The summed E-state index contributed by atoms with van der Waals surface area (Å²) in [6, 6.07) is 5.17. The molecule has 0 saturated heterocycles. The molecule has 1 aromatic carbocycles. The Labute approximate surface area is 118 Å². The number of halogens is 1. The molecule has 1 aliphatic rings. The van der Waals surface area contributed by atoms with E-state index in [0.29, 0.717) is 30.3 Å². The lowest BCUT2D eigenvalue weighted by Crippen LogP contribution is -2.41. The molecule has 1 aliphatic carbocycles. The van der Waals surface area contributed by atoms with Gasteiger partial charge >= 0.3 is 0 Å². The SMILES string of the molecule is NC(=S)c1ccc(F)c(CN(CCO)C2CCC2)c1. The van der Waals surface area contributed by atoms with Crippen LogP contribution in [0.2, 0.25) is 0 Å². The van der Waals surface area contributed by atoms with Crippen LogP contribution >= 0.6 is 12.2 Å². The van der Waals surface area contributed by atoms with Crippen LogP contribution in [0.15, 0.2) is 18.2 Å². The first-order chi connectivity index (χ1) is 9.11. The molecule has 0 radical (unpaired) electrons. The highest BCUT2D eigenvalue weighted by molar-refractivity contribution is 7.80. The molecule has 3 nitrogen and oxygen atoms in total. The number of nitrogens with two attached hydrogens (primary N) is 1. The topological polar surface area (TPSA) is 49.5 Å². The third-order valence-electron chi connectivity index (χ3n) is 3.68. The molecule has 2 rings (SSSR count). The molecule has 0 aliphatic heterocycles. The van der Waals surface area contributed by atoms with Gasteiger partial charge in [-0.05, 0) is 31.0 Å². The van der Waals surface area contributed by atoms with Crippen molar-refractivity contribution in [2.45, 2.75) is 31.8 Å². The van der Waals surface area contributed by atoms with Gasteiger partial charge in [-0.3, -0.25) is 4.90 Å².